The number of carbonyl (C=O) groups is 1. The van der Waals surface area contributed by atoms with Gasteiger partial charge in [0.15, 0.2) is 0 Å². The number of hydrogen-bond donors (Lipinski definition) is 2. The molecule has 0 saturated heterocycles. The Balaban J connectivity index is 2.19. The number of nitrogen functional groups attached to an aromatic ring is 1. The lowest BCUT2D eigenvalue weighted by atomic mass is 9.95. The molecule has 7 nitrogen and oxygen atoms in total. The number of aromatic nitrogens is 3. The number of anilines is 1. The molecule has 0 aliphatic rings. The maximum atomic E-state index is 11.7. The van der Waals surface area contributed by atoms with E-state index in [2.05, 4.69) is 15.2 Å². The van der Waals surface area contributed by atoms with Crippen molar-refractivity contribution in [1.82, 2.24) is 15.2 Å². The van der Waals surface area contributed by atoms with Crippen LogP contribution < -0.4 is 16.2 Å². The van der Waals surface area contributed by atoms with Crippen molar-refractivity contribution in [2.75, 3.05) is 12.8 Å². The first-order chi connectivity index (χ1) is 12.5. The van der Waals surface area contributed by atoms with Crippen molar-refractivity contribution < 1.29 is 9.53 Å². The van der Waals surface area contributed by atoms with Gasteiger partial charge in [-0.15, -0.1) is 10.2 Å². The summed E-state index contributed by atoms with van der Waals surface area (Å²) in [4.78, 5) is 16.0. The second-order valence-electron chi connectivity index (χ2n) is 5.81. The molecular weight excluding hydrogens is 330 g/mol. The number of nitrogens with zero attached hydrogens (tertiary/aromatic N) is 3. The van der Waals surface area contributed by atoms with Gasteiger partial charge in [0.25, 0.3) is 0 Å². The second-order valence-corrected chi connectivity index (χ2v) is 5.81. The van der Waals surface area contributed by atoms with Crippen LogP contribution in [0.15, 0.2) is 48.5 Å². The van der Waals surface area contributed by atoms with E-state index in [-0.39, 0.29) is 5.95 Å². The Bertz CT molecular complexity index is 944. The molecule has 7 heteroatoms. The van der Waals surface area contributed by atoms with Crippen molar-refractivity contribution >= 4 is 11.9 Å². The van der Waals surface area contributed by atoms with Gasteiger partial charge in [-0.1, -0.05) is 30.3 Å². The highest BCUT2D eigenvalue weighted by Gasteiger charge is 2.20. The SMILES string of the molecule is COc1ccc(-c2nnc(N)nc2-c2ccccc2)cc1C(C)C(N)=O. The molecule has 1 unspecified atom stereocenters. The minimum atomic E-state index is -0.514. The molecular formula is C19H19N5O2. The monoisotopic (exact) mass is 349 g/mol. The minimum Gasteiger partial charge on any atom is -0.496 e. The fourth-order valence-electron chi connectivity index (χ4n) is 2.70. The molecule has 4 N–H and O–H groups in total. The fraction of sp³-hybridized carbons (Fsp3) is 0.158. The number of hydrogen-bond acceptors (Lipinski definition) is 6. The summed E-state index contributed by atoms with van der Waals surface area (Å²) in [6, 6.07) is 15.0. The van der Waals surface area contributed by atoms with Crippen LogP contribution in [0.5, 0.6) is 5.75 Å². The number of amides is 1. The third-order valence-electron chi connectivity index (χ3n) is 4.15. The molecule has 0 radical (unpaired) electrons. The molecule has 1 atom stereocenters. The van der Waals surface area contributed by atoms with Crippen molar-refractivity contribution in [2.24, 2.45) is 5.73 Å². The van der Waals surface area contributed by atoms with Gasteiger partial charge in [-0.3, -0.25) is 4.79 Å². The fourth-order valence-corrected chi connectivity index (χ4v) is 2.70. The first kappa shape index (κ1) is 17.3. The molecule has 0 aliphatic carbocycles. The molecule has 3 rings (SSSR count). The Morgan fingerprint density at radius 3 is 2.42 bits per heavy atom. The predicted octanol–water partition coefficient (Wildman–Crippen LogP) is 2.39. The van der Waals surface area contributed by atoms with Crippen molar-refractivity contribution in [1.29, 1.82) is 0 Å². The van der Waals surface area contributed by atoms with Crippen LogP contribution in [0.25, 0.3) is 22.5 Å². The Hall–Kier alpha value is -3.48. The maximum absolute atomic E-state index is 11.7. The summed E-state index contributed by atoms with van der Waals surface area (Å²) in [6.45, 7) is 1.73. The summed E-state index contributed by atoms with van der Waals surface area (Å²) < 4.78 is 5.36. The number of rotatable bonds is 5. The molecule has 3 aromatic rings. The summed E-state index contributed by atoms with van der Waals surface area (Å²) in [5.74, 6) is -0.283. The van der Waals surface area contributed by atoms with Crippen molar-refractivity contribution in [2.45, 2.75) is 12.8 Å². The van der Waals surface area contributed by atoms with Crippen LogP contribution in [-0.4, -0.2) is 28.2 Å². The first-order valence-corrected chi connectivity index (χ1v) is 8.04. The van der Waals surface area contributed by atoms with Crippen molar-refractivity contribution in [3.63, 3.8) is 0 Å². The van der Waals surface area contributed by atoms with Gasteiger partial charge in [0.1, 0.15) is 17.1 Å². The molecule has 1 amide bonds. The van der Waals surface area contributed by atoms with Gasteiger partial charge in [0.2, 0.25) is 11.9 Å². The summed E-state index contributed by atoms with van der Waals surface area (Å²) in [7, 11) is 1.55. The predicted molar refractivity (Wildman–Crippen MR) is 99.3 cm³/mol. The smallest absolute Gasteiger partial charge is 0.240 e. The topological polar surface area (TPSA) is 117 Å². The van der Waals surface area contributed by atoms with Crippen LogP contribution in [0.4, 0.5) is 5.95 Å². The molecule has 0 bridgehead atoms. The Labute approximate surface area is 151 Å². The molecule has 0 spiro atoms. The van der Waals surface area contributed by atoms with E-state index in [1.54, 1.807) is 20.1 Å². The quantitative estimate of drug-likeness (QED) is 0.730. The average molecular weight is 349 g/mol. The highest BCUT2D eigenvalue weighted by molar-refractivity contribution is 5.84. The second kappa shape index (κ2) is 7.18. The van der Waals surface area contributed by atoms with Crippen LogP contribution in [0.2, 0.25) is 0 Å². The number of nitrogens with two attached hydrogens (primary N) is 2. The van der Waals surface area contributed by atoms with Gasteiger partial charge in [-0.05, 0) is 25.1 Å². The zero-order valence-corrected chi connectivity index (χ0v) is 14.5. The Kier molecular flexibility index (Phi) is 4.79. The lowest BCUT2D eigenvalue weighted by Gasteiger charge is -2.15. The number of methoxy groups -OCH3 is 1. The van der Waals surface area contributed by atoms with E-state index in [9.17, 15) is 4.79 Å². The van der Waals surface area contributed by atoms with Gasteiger partial charge >= 0.3 is 0 Å². The molecule has 26 heavy (non-hydrogen) atoms. The van der Waals surface area contributed by atoms with Crippen LogP contribution in [0, 0.1) is 0 Å². The lowest BCUT2D eigenvalue weighted by Crippen LogP contribution is -2.19. The number of benzene rings is 2. The third kappa shape index (κ3) is 3.32. The van der Waals surface area contributed by atoms with Crippen molar-refractivity contribution in [3.8, 4) is 28.3 Å². The molecule has 0 fully saturated rings. The van der Waals surface area contributed by atoms with Gasteiger partial charge in [0.05, 0.1) is 13.0 Å². The van der Waals surface area contributed by atoms with Gasteiger partial charge in [0, 0.05) is 16.7 Å². The first-order valence-electron chi connectivity index (χ1n) is 8.04. The molecule has 1 aromatic heterocycles. The van der Waals surface area contributed by atoms with Crippen LogP contribution in [0.3, 0.4) is 0 Å². The standard InChI is InChI=1S/C19H19N5O2/c1-11(18(20)25)14-10-13(8-9-15(14)26-2)17-16(22-19(21)24-23-17)12-6-4-3-5-7-12/h3-11H,1-2H3,(H2,20,25)(H2,21,22,24). The number of primary amides is 1. The van der Waals surface area contributed by atoms with Gasteiger partial charge < -0.3 is 16.2 Å². The van der Waals surface area contributed by atoms with E-state index in [0.29, 0.717) is 22.7 Å². The van der Waals surface area contributed by atoms with E-state index in [1.165, 1.54) is 0 Å². The minimum absolute atomic E-state index is 0.0897. The van der Waals surface area contributed by atoms with Crippen LogP contribution >= 0.6 is 0 Å². The zero-order valence-electron chi connectivity index (χ0n) is 14.5. The van der Waals surface area contributed by atoms with E-state index in [4.69, 9.17) is 16.2 Å². The average Bonchev–Trinajstić information content (AvgIpc) is 2.67. The summed E-state index contributed by atoms with van der Waals surface area (Å²) >= 11 is 0. The van der Waals surface area contributed by atoms with E-state index in [0.717, 1.165) is 11.1 Å². The third-order valence-corrected chi connectivity index (χ3v) is 4.15. The summed E-state index contributed by atoms with van der Waals surface area (Å²) in [6.07, 6.45) is 0. The van der Waals surface area contributed by atoms with Gasteiger partial charge in [-0.2, -0.15) is 0 Å². The normalized spacial score (nSPS) is 11.8. The molecule has 132 valence electrons. The van der Waals surface area contributed by atoms with E-state index >= 15 is 0 Å². The van der Waals surface area contributed by atoms with Crippen LogP contribution in [-0.2, 0) is 4.79 Å². The molecule has 0 saturated carbocycles. The van der Waals surface area contributed by atoms with E-state index in [1.807, 2.05) is 42.5 Å². The lowest BCUT2D eigenvalue weighted by molar-refractivity contribution is -0.119. The highest BCUT2D eigenvalue weighted by atomic mass is 16.5. The number of carbonyl (C=O) groups excluding carboxylic acids is 1. The largest absolute Gasteiger partial charge is 0.496 e. The summed E-state index contributed by atoms with van der Waals surface area (Å²) in [5, 5.41) is 8.12. The Morgan fingerprint density at radius 1 is 1.04 bits per heavy atom. The van der Waals surface area contributed by atoms with Crippen molar-refractivity contribution in [3.05, 3.63) is 54.1 Å². The van der Waals surface area contributed by atoms with Gasteiger partial charge in [-0.25, -0.2) is 4.98 Å². The molecule has 1 heterocycles. The highest BCUT2D eigenvalue weighted by Crippen LogP contribution is 2.34. The van der Waals surface area contributed by atoms with E-state index < -0.39 is 11.8 Å². The maximum Gasteiger partial charge on any atom is 0.240 e. The molecule has 0 aliphatic heterocycles. The van der Waals surface area contributed by atoms with Crippen LogP contribution in [0.1, 0.15) is 18.4 Å². The Morgan fingerprint density at radius 2 is 1.77 bits per heavy atom. The number of ether oxygens (including phenoxy) is 1. The zero-order chi connectivity index (χ0) is 18.7. The summed E-state index contributed by atoms with van der Waals surface area (Å²) in [5.41, 5.74) is 14.7. The molecule has 2 aromatic carbocycles.